The van der Waals surface area contributed by atoms with Crippen molar-refractivity contribution >= 4 is 38.5 Å². The molecule has 2 unspecified atom stereocenters. The largest absolute Gasteiger partial charge is 0.395 e. The Morgan fingerprint density at radius 3 is 1.84 bits per heavy atom. The molecule has 0 aliphatic rings. The zero-order valence-corrected chi connectivity index (χ0v) is 30.9. The highest BCUT2D eigenvalue weighted by Crippen LogP contribution is 2.30. The molecule has 0 aromatic heterocycles. The number of nitrogens with one attached hydrogen (secondary N) is 4. The number of nitriles is 2. The van der Waals surface area contributed by atoms with E-state index in [4.69, 9.17) is 4.18 Å². The standard InChI is InChI=1S/C36H54N6O5S2/c1-4-6-8-10-12-13-15-17-19-29(18-16-14-11-9-7-5-2)28-39-36(43)41-40-34-24-30(26-37)31(27-38)25-35(34)47-48(44)33-22-20-32(21-23-33)42-49(3,45)46/h20-25,29,40,42H,4-19,28H2,1-3H3,(H2,39,41,43). The van der Waals surface area contributed by atoms with Gasteiger partial charge in [0.2, 0.25) is 21.1 Å². The van der Waals surface area contributed by atoms with E-state index < -0.39 is 27.1 Å². The molecule has 0 bridgehead atoms. The second-order valence-corrected chi connectivity index (χ2v) is 15.3. The van der Waals surface area contributed by atoms with Crippen molar-refractivity contribution in [3.63, 3.8) is 0 Å². The molecule has 2 amide bonds. The summed E-state index contributed by atoms with van der Waals surface area (Å²) in [6.07, 6.45) is 20.6. The zero-order chi connectivity index (χ0) is 35.9. The Labute approximate surface area is 296 Å². The molecule has 2 atom stereocenters. The highest BCUT2D eigenvalue weighted by molar-refractivity contribution is 7.92. The summed E-state index contributed by atoms with van der Waals surface area (Å²) in [5.41, 5.74) is 5.81. The number of benzene rings is 2. The molecule has 0 aliphatic heterocycles. The maximum Gasteiger partial charge on any atom is 0.333 e. The highest BCUT2D eigenvalue weighted by atomic mass is 32.2. The maximum atomic E-state index is 13.1. The van der Waals surface area contributed by atoms with E-state index in [0.29, 0.717) is 12.5 Å². The number of sulfonamides is 1. The van der Waals surface area contributed by atoms with E-state index in [0.717, 1.165) is 31.9 Å². The molecule has 2 rings (SSSR count). The van der Waals surface area contributed by atoms with Crippen molar-refractivity contribution in [1.82, 2.24) is 10.7 Å². The molecule has 0 saturated carbocycles. The minimum absolute atomic E-state index is 0.00990. The molecular weight excluding hydrogens is 661 g/mol. The molecule has 0 saturated heterocycles. The first-order chi connectivity index (χ1) is 23.6. The molecule has 0 heterocycles. The quantitative estimate of drug-likeness (QED) is 0.0586. The summed E-state index contributed by atoms with van der Waals surface area (Å²) < 4.78 is 44.0. The van der Waals surface area contributed by atoms with Gasteiger partial charge in [-0.05, 0) is 49.1 Å². The van der Waals surface area contributed by atoms with Gasteiger partial charge in [-0.1, -0.05) is 104 Å². The molecule has 2 aromatic rings. The first-order valence-corrected chi connectivity index (χ1v) is 20.5. The minimum atomic E-state index is -3.48. The average molecular weight is 715 g/mol. The number of unbranched alkanes of at least 4 members (excludes halogenated alkanes) is 12. The third-order valence-corrected chi connectivity index (χ3v) is 9.76. The van der Waals surface area contributed by atoms with Crippen LogP contribution in [0.15, 0.2) is 41.3 Å². The van der Waals surface area contributed by atoms with Crippen molar-refractivity contribution in [3.8, 4) is 17.9 Å². The van der Waals surface area contributed by atoms with Crippen molar-refractivity contribution < 1.29 is 21.6 Å². The van der Waals surface area contributed by atoms with E-state index in [1.54, 1.807) is 0 Å². The lowest BCUT2D eigenvalue weighted by Gasteiger charge is -2.19. The summed E-state index contributed by atoms with van der Waals surface area (Å²) in [5, 5.41) is 22.1. The number of anilines is 2. The van der Waals surface area contributed by atoms with Gasteiger partial charge in [-0.3, -0.25) is 15.6 Å². The van der Waals surface area contributed by atoms with Crippen molar-refractivity contribution in [1.29, 1.82) is 10.5 Å². The summed E-state index contributed by atoms with van der Waals surface area (Å²) in [5.74, 6) is 0.348. The SMILES string of the molecule is CCCCCCCCCCC(CCCCCCCC)CNC(=O)NNc1cc(C#N)c(C#N)cc1OS(=O)c1ccc(NS(C)(=O)=O)cc1. The van der Waals surface area contributed by atoms with Crippen molar-refractivity contribution in [2.45, 2.75) is 121 Å². The van der Waals surface area contributed by atoms with Crippen LogP contribution in [0.3, 0.4) is 0 Å². The first-order valence-electron chi connectivity index (χ1n) is 17.6. The monoisotopic (exact) mass is 714 g/mol. The van der Waals surface area contributed by atoms with Gasteiger partial charge in [0, 0.05) is 18.3 Å². The number of nitrogens with zero attached hydrogens (tertiary/aromatic N) is 2. The molecule has 270 valence electrons. The van der Waals surface area contributed by atoms with E-state index in [9.17, 15) is 27.9 Å². The van der Waals surface area contributed by atoms with E-state index >= 15 is 0 Å². The first kappa shape index (κ1) is 41.4. The average Bonchev–Trinajstić information content (AvgIpc) is 3.08. The minimum Gasteiger partial charge on any atom is -0.395 e. The van der Waals surface area contributed by atoms with E-state index in [1.165, 1.54) is 113 Å². The third-order valence-electron chi connectivity index (χ3n) is 8.17. The van der Waals surface area contributed by atoms with E-state index in [1.807, 2.05) is 12.1 Å². The fourth-order valence-electron chi connectivity index (χ4n) is 5.44. The van der Waals surface area contributed by atoms with Crippen LogP contribution < -0.4 is 25.1 Å². The lowest BCUT2D eigenvalue weighted by molar-refractivity contribution is 0.239. The number of rotatable bonds is 25. The van der Waals surface area contributed by atoms with Crippen LogP contribution >= 0.6 is 0 Å². The molecule has 49 heavy (non-hydrogen) atoms. The van der Waals surface area contributed by atoms with Gasteiger partial charge in [-0.15, -0.1) is 0 Å². The molecule has 0 fully saturated rings. The molecule has 2 aromatic carbocycles. The number of hydrogen-bond donors (Lipinski definition) is 4. The Bertz CT molecular complexity index is 1500. The van der Waals surface area contributed by atoms with Crippen LogP contribution in [0, 0.1) is 28.6 Å². The highest BCUT2D eigenvalue weighted by Gasteiger charge is 2.17. The van der Waals surface area contributed by atoms with Crippen molar-refractivity contribution in [2.75, 3.05) is 22.9 Å². The van der Waals surface area contributed by atoms with Crippen LogP contribution in [0.1, 0.15) is 128 Å². The molecule has 4 N–H and O–H groups in total. The summed E-state index contributed by atoms with van der Waals surface area (Å²) in [6.45, 7) is 4.98. The number of carbonyl (C=O) groups is 1. The number of carbonyl (C=O) groups excluding carboxylic acids is 1. The topological polar surface area (TPSA) is 173 Å². The van der Waals surface area contributed by atoms with Crippen LogP contribution in [-0.4, -0.2) is 31.5 Å². The maximum absolute atomic E-state index is 13.1. The fraction of sp³-hybridized carbons (Fsp3) is 0.583. The Morgan fingerprint density at radius 1 is 0.816 bits per heavy atom. The molecule has 13 heteroatoms. The van der Waals surface area contributed by atoms with Crippen LogP contribution in [-0.2, 0) is 21.1 Å². The predicted octanol–water partition coefficient (Wildman–Crippen LogP) is 8.43. The summed E-state index contributed by atoms with van der Waals surface area (Å²) in [4.78, 5) is 13.1. The molecule has 0 spiro atoms. The predicted molar refractivity (Wildman–Crippen MR) is 197 cm³/mol. The Hall–Kier alpha value is -3.81. The smallest absolute Gasteiger partial charge is 0.333 e. The van der Waals surface area contributed by atoms with Gasteiger partial charge in [0.15, 0.2) is 5.75 Å². The van der Waals surface area contributed by atoms with Gasteiger partial charge in [0.05, 0.1) is 28.0 Å². The zero-order valence-electron chi connectivity index (χ0n) is 29.3. The van der Waals surface area contributed by atoms with Crippen LogP contribution in [0.5, 0.6) is 5.75 Å². The Morgan fingerprint density at radius 2 is 1.33 bits per heavy atom. The second kappa shape index (κ2) is 23.5. The van der Waals surface area contributed by atoms with Crippen LogP contribution in [0.2, 0.25) is 0 Å². The number of hydrogen-bond acceptors (Lipinski definition) is 8. The van der Waals surface area contributed by atoms with Gasteiger partial charge < -0.3 is 9.50 Å². The summed E-state index contributed by atoms with van der Waals surface area (Å²) in [6, 6.07) is 11.8. The van der Waals surface area contributed by atoms with Gasteiger partial charge >= 0.3 is 6.03 Å². The molecular formula is C36H54N6O5S2. The van der Waals surface area contributed by atoms with Crippen LogP contribution in [0.25, 0.3) is 0 Å². The fourth-order valence-corrected chi connectivity index (χ4v) is 6.76. The number of hydrazine groups is 1. The summed E-state index contributed by atoms with van der Waals surface area (Å²) >= 11 is -2.07. The lowest BCUT2D eigenvalue weighted by Crippen LogP contribution is -2.41. The van der Waals surface area contributed by atoms with Gasteiger partial charge in [-0.2, -0.15) is 10.5 Å². The second-order valence-electron chi connectivity index (χ2n) is 12.5. The lowest BCUT2D eigenvalue weighted by atomic mass is 9.94. The molecule has 0 aliphatic carbocycles. The third kappa shape index (κ3) is 17.4. The van der Waals surface area contributed by atoms with Crippen molar-refractivity contribution in [2.24, 2.45) is 5.92 Å². The van der Waals surface area contributed by atoms with E-state index in [2.05, 4.69) is 34.7 Å². The number of urea groups is 1. The summed E-state index contributed by atoms with van der Waals surface area (Å²) in [7, 11) is -3.48. The Balaban J connectivity index is 2.01. The van der Waals surface area contributed by atoms with Crippen LogP contribution in [0.4, 0.5) is 16.2 Å². The normalized spacial score (nSPS) is 12.3. The van der Waals surface area contributed by atoms with E-state index in [-0.39, 0.29) is 33.1 Å². The van der Waals surface area contributed by atoms with Gasteiger partial charge in [0.25, 0.3) is 0 Å². The van der Waals surface area contributed by atoms with Gasteiger partial charge in [0.1, 0.15) is 12.1 Å². The Kier molecular flexibility index (Phi) is 19.9. The molecule has 11 nitrogen and oxygen atoms in total. The molecule has 0 radical (unpaired) electrons. The van der Waals surface area contributed by atoms with Gasteiger partial charge in [-0.25, -0.2) is 17.4 Å². The number of amides is 2. The van der Waals surface area contributed by atoms with Crippen molar-refractivity contribution in [3.05, 3.63) is 47.5 Å².